The highest BCUT2D eigenvalue weighted by atomic mass is 127. The molecule has 0 aromatic heterocycles. The summed E-state index contributed by atoms with van der Waals surface area (Å²) >= 11 is 2.22. The maximum atomic E-state index is 12.4. The van der Waals surface area contributed by atoms with E-state index in [9.17, 15) is 4.79 Å². The van der Waals surface area contributed by atoms with Crippen LogP contribution in [0.2, 0.25) is 0 Å². The lowest BCUT2D eigenvalue weighted by atomic mass is 10.0. The van der Waals surface area contributed by atoms with E-state index in [1.54, 1.807) is 0 Å². The summed E-state index contributed by atoms with van der Waals surface area (Å²) < 4.78 is 1.03. The summed E-state index contributed by atoms with van der Waals surface area (Å²) in [7, 11) is 1.96. The SMILES string of the molecule is CNC1CCCN(C(=O)c2ccccc2I)C1. The van der Waals surface area contributed by atoms with Crippen molar-refractivity contribution < 1.29 is 4.79 Å². The molecule has 0 radical (unpaired) electrons. The molecular weight excluding hydrogens is 327 g/mol. The van der Waals surface area contributed by atoms with Gasteiger partial charge in [0.1, 0.15) is 0 Å². The van der Waals surface area contributed by atoms with E-state index >= 15 is 0 Å². The van der Waals surface area contributed by atoms with Gasteiger partial charge in [-0.25, -0.2) is 0 Å². The summed E-state index contributed by atoms with van der Waals surface area (Å²) in [5.41, 5.74) is 0.824. The lowest BCUT2D eigenvalue weighted by molar-refractivity contribution is 0.0697. The fourth-order valence-electron chi connectivity index (χ4n) is 2.20. The van der Waals surface area contributed by atoms with Gasteiger partial charge in [-0.05, 0) is 54.6 Å². The third-order valence-electron chi connectivity index (χ3n) is 3.22. The average molecular weight is 344 g/mol. The Kier molecular flexibility index (Phi) is 4.39. The van der Waals surface area contributed by atoms with Gasteiger partial charge in [0.05, 0.1) is 5.56 Å². The third-order valence-corrected chi connectivity index (χ3v) is 4.16. The van der Waals surface area contributed by atoms with Crippen molar-refractivity contribution in [2.75, 3.05) is 20.1 Å². The number of likely N-dealkylation sites (N-methyl/N-ethyl adjacent to an activating group) is 1. The van der Waals surface area contributed by atoms with Crippen molar-refractivity contribution in [3.8, 4) is 0 Å². The van der Waals surface area contributed by atoms with Crippen LogP contribution in [0.15, 0.2) is 24.3 Å². The lowest BCUT2D eigenvalue weighted by Crippen LogP contribution is -2.47. The van der Waals surface area contributed by atoms with Crippen LogP contribution in [0.25, 0.3) is 0 Å². The van der Waals surface area contributed by atoms with Crippen LogP contribution < -0.4 is 5.32 Å². The highest BCUT2D eigenvalue weighted by molar-refractivity contribution is 14.1. The minimum absolute atomic E-state index is 0.162. The normalized spacial score (nSPS) is 20.4. The predicted molar refractivity (Wildman–Crippen MR) is 77.1 cm³/mol. The Balaban J connectivity index is 2.12. The molecular formula is C13H17IN2O. The molecule has 3 nitrogen and oxygen atoms in total. The number of piperidine rings is 1. The van der Waals surface area contributed by atoms with Gasteiger partial charge in [-0.1, -0.05) is 12.1 Å². The summed E-state index contributed by atoms with van der Waals surface area (Å²) in [5.74, 6) is 0.162. The number of carbonyl (C=O) groups is 1. The molecule has 2 rings (SSSR count). The van der Waals surface area contributed by atoms with Gasteiger partial charge in [-0.3, -0.25) is 4.79 Å². The van der Waals surface area contributed by atoms with Gasteiger partial charge in [0.2, 0.25) is 0 Å². The van der Waals surface area contributed by atoms with E-state index in [1.807, 2.05) is 36.2 Å². The maximum absolute atomic E-state index is 12.4. The minimum atomic E-state index is 0.162. The first-order valence-corrected chi connectivity index (χ1v) is 7.01. The highest BCUT2D eigenvalue weighted by Crippen LogP contribution is 2.17. The predicted octanol–water partition coefficient (Wildman–Crippen LogP) is 2.12. The second-order valence-corrected chi connectivity index (χ2v) is 5.52. The van der Waals surface area contributed by atoms with Gasteiger partial charge in [0.15, 0.2) is 0 Å². The summed E-state index contributed by atoms with van der Waals surface area (Å²) in [4.78, 5) is 14.3. The first-order chi connectivity index (χ1) is 8.22. The molecule has 1 heterocycles. The number of hydrogen-bond acceptors (Lipinski definition) is 2. The first kappa shape index (κ1) is 12.8. The molecule has 1 aliphatic heterocycles. The van der Waals surface area contributed by atoms with Gasteiger partial charge in [-0.15, -0.1) is 0 Å². The second kappa shape index (κ2) is 5.82. The number of hydrogen-bond donors (Lipinski definition) is 1. The molecule has 1 aliphatic rings. The number of likely N-dealkylation sites (tertiary alicyclic amines) is 1. The summed E-state index contributed by atoms with van der Waals surface area (Å²) in [5, 5.41) is 3.26. The molecule has 92 valence electrons. The summed E-state index contributed by atoms with van der Waals surface area (Å²) in [6.07, 6.45) is 2.24. The van der Waals surface area contributed by atoms with Crippen LogP contribution in [0, 0.1) is 3.57 Å². The zero-order valence-corrected chi connectivity index (χ0v) is 12.1. The molecule has 0 spiro atoms. The Morgan fingerprint density at radius 2 is 2.24 bits per heavy atom. The molecule has 0 aliphatic carbocycles. The first-order valence-electron chi connectivity index (χ1n) is 5.93. The van der Waals surface area contributed by atoms with Crippen LogP contribution in [0.5, 0.6) is 0 Å². The lowest BCUT2D eigenvalue weighted by Gasteiger charge is -2.32. The van der Waals surface area contributed by atoms with Crippen LogP contribution in [0.3, 0.4) is 0 Å². The standard InChI is InChI=1S/C13H17IN2O/c1-15-10-5-4-8-16(9-10)13(17)11-6-2-3-7-12(11)14/h2-3,6-7,10,15H,4-5,8-9H2,1H3. The number of carbonyl (C=O) groups excluding carboxylic acids is 1. The van der Waals surface area contributed by atoms with E-state index in [4.69, 9.17) is 0 Å². The summed E-state index contributed by atoms with van der Waals surface area (Å²) in [6, 6.07) is 8.22. The average Bonchev–Trinajstić information content (AvgIpc) is 2.38. The monoisotopic (exact) mass is 344 g/mol. The fraction of sp³-hybridized carbons (Fsp3) is 0.462. The molecule has 17 heavy (non-hydrogen) atoms. The van der Waals surface area contributed by atoms with Crippen LogP contribution in [-0.4, -0.2) is 37.0 Å². The largest absolute Gasteiger partial charge is 0.337 e. The third kappa shape index (κ3) is 2.98. The van der Waals surface area contributed by atoms with Crippen molar-refractivity contribution in [2.24, 2.45) is 0 Å². The van der Waals surface area contributed by atoms with Crippen LogP contribution in [-0.2, 0) is 0 Å². The van der Waals surface area contributed by atoms with Crippen molar-refractivity contribution in [3.63, 3.8) is 0 Å². The van der Waals surface area contributed by atoms with E-state index in [2.05, 4.69) is 27.9 Å². The van der Waals surface area contributed by atoms with Gasteiger partial charge in [-0.2, -0.15) is 0 Å². The zero-order chi connectivity index (χ0) is 12.3. The topological polar surface area (TPSA) is 32.3 Å². The Bertz CT molecular complexity index is 408. The molecule has 1 fully saturated rings. The molecule has 1 amide bonds. The Labute approximate surface area is 116 Å². The maximum Gasteiger partial charge on any atom is 0.254 e. The molecule has 0 bridgehead atoms. The van der Waals surface area contributed by atoms with Gasteiger partial charge < -0.3 is 10.2 Å². The molecule has 1 aromatic rings. The number of rotatable bonds is 2. The van der Waals surface area contributed by atoms with Crippen LogP contribution in [0.1, 0.15) is 23.2 Å². The number of nitrogens with zero attached hydrogens (tertiary/aromatic N) is 1. The molecule has 1 unspecified atom stereocenters. The van der Waals surface area contributed by atoms with E-state index in [1.165, 1.54) is 0 Å². The van der Waals surface area contributed by atoms with Gasteiger partial charge >= 0.3 is 0 Å². The number of nitrogens with one attached hydrogen (secondary N) is 1. The zero-order valence-electron chi connectivity index (χ0n) is 9.95. The number of benzene rings is 1. The van der Waals surface area contributed by atoms with Crippen molar-refractivity contribution in [1.82, 2.24) is 10.2 Å². The molecule has 0 saturated carbocycles. The molecule has 4 heteroatoms. The molecule has 1 N–H and O–H groups in total. The molecule has 1 aromatic carbocycles. The van der Waals surface area contributed by atoms with E-state index in [-0.39, 0.29) is 5.91 Å². The molecule has 1 atom stereocenters. The van der Waals surface area contributed by atoms with E-state index < -0.39 is 0 Å². The fourth-order valence-corrected chi connectivity index (χ4v) is 2.82. The van der Waals surface area contributed by atoms with Crippen LogP contribution >= 0.6 is 22.6 Å². The van der Waals surface area contributed by atoms with E-state index in [0.717, 1.165) is 35.1 Å². The van der Waals surface area contributed by atoms with Gasteiger partial charge in [0, 0.05) is 22.7 Å². The quantitative estimate of drug-likeness (QED) is 0.834. The smallest absolute Gasteiger partial charge is 0.254 e. The summed E-state index contributed by atoms with van der Waals surface area (Å²) in [6.45, 7) is 1.70. The van der Waals surface area contributed by atoms with Crippen molar-refractivity contribution >= 4 is 28.5 Å². The Morgan fingerprint density at radius 3 is 2.94 bits per heavy atom. The number of halogens is 1. The molecule has 1 saturated heterocycles. The highest BCUT2D eigenvalue weighted by Gasteiger charge is 2.24. The van der Waals surface area contributed by atoms with Crippen molar-refractivity contribution in [2.45, 2.75) is 18.9 Å². The van der Waals surface area contributed by atoms with Crippen LogP contribution in [0.4, 0.5) is 0 Å². The minimum Gasteiger partial charge on any atom is -0.337 e. The van der Waals surface area contributed by atoms with Crippen molar-refractivity contribution in [3.05, 3.63) is 33.4 Å². The Hall–Kier alpha value is -0.620. The van der Waals surface area contributed by atoms with E-state index in [0.29, 0.717) is 6.04 Å². The van der Waals surface area contributed by atoms with Gasteiger partial charge in [0.25, 0.3) is 5.91 Å². The number of amides is 1. The Morgan fingerprint density at radius 1 is 1.47 bits per heavy atom. The van der Waals surface area contributed by atoms with Crippen molar-refractivity contribution in [1.29, 1.82) is 0 Å². The second-order valence-electron chi connectivity index (χ2n) is 4.36.